The van der Waals surface area contributed by atoms with Gasteiger partial charge >= 0.3 is 0 Å². The van der Waals surface area contributed by atoms with Crippen molar-refractivity contribution in [3.63, 3.8) is 0 Å². The molecule has 3 nitrogen and oxygen atoms in total. The molecule has 0 aromatic carbocycles. The van der Waals surface area contributed by atoms with Crippen molar-refractivity contribution >= 4 is 0 Å². The summed E-state index contributed by atoms with van der Waals surface area (Å²) in [6, 6.07) is 0.411. The Balaban J connectivity index is 2.10. The van der Waals surface area contributed by atoms with Gasteiger partial charge in [0.05, 0.1) is 6.10 Å². The maximum atomic E-state index is 6.06. The van der Waals surface area contributed by atoms with E-state index in [1.165, 1.54) is 25.7 Å². The van der Waals surface area contributed by atoms with Crippen LogP contribution in [0.25, 0.3) is 0 Å². The number of nitrogens with one attached hydrogen (secondary N) is 1. The molecular weight excluding hydrogens is 176 g/mol. The van der Waals surface area contributed by atoms with Crippen molar-refractivity contribution in [1.29, 1.82) is 0 Å². The predicted octanol–water partition coefficient (Wildman–Crippen LogP) is 1.13. The maximum Gasteiger partial charge on any atom is 0.0667 e. The van der Waals surface area contributed by atoms with Gasteiger partial charge in [-0.1, -0.05) is 12.8 Å². The van der Waals surface area contributed by atoms with E-state index in [4.69, 9.17) is 10.5 Å². The first-order chi connectivity index (χ1) is 6.74. The number of ether oxygens (including phenoxy) is 1. The highest BCUT2D eigenvalue weighted by atomic mass is 16.5. The second-order valence-corrected chi connectivity index (χ2v) is 4.41. The third kappa shape index (κ3) is 3.95. The molecule has 3 N–H and O–H groups in total. The average Bonchev–Trinajstić information content (AvgIpc) is 2.20. The van der Waals surface area contributed by atoms with Crippen molar-refractivity contribution in [2.24, 2.45) is 11.7 Å². The highest BCUT2D eigenvalue weighted by Crippen LogP contribution is 2.21. The molecule has 0 bridgehead atoms. The Morgan fingerprint density at radius 2 is 2.14 bits per heavy atom. The van der Waals surface area contributed by atoms with E-state index in [1.54, 1.807) is 7.11 Å². The minimum Gasteiger partial charge on any atom is -0.380 e. The first-order valence-electron chi connectivity index (χ1n) is 5.73. The number of rotatable bonds is 5. The lowest BCUT2D eigenvalue weighted by atomic mass is 9.85. The zero-order valence-corrected chi connectivity index (χ0v) is 9.46. The van der Waals surface area contributed by atoms with E-state index in [0.717, 1.165) is 13.1 Å². The lowest BCUT2D eigenvalue weighted by Gasteiger charge is -2.29. The van der Waals surface area contributed by atoms with Crippen LogP contribution in [0.4, 0.5) is 0 Å². The first-order valence-corrected chi connectivity index (χ1v) is 5.73. The summed E-state index contributed by atoms with van der Waals surface area (Å²) in [6.07, 6.45) is 5.45. The summed E-state index contributed by atoms with van der Waals surface area (Å²) in [5.74, 6) is 0.674. The van der Waals surface area contributed by atoms with Crippen LogP contribution in [-0.4, -0.2) is 32.3 Å². The fourth-order valence-electron chi connectivity index (χ4n) is 2.05. The van der Waals surface area contributed by atoms with Crippen LogP contribution in [0, 0.1) is 5.92 Å². The summed E-state index contributed by atoms with van der Waals surface area (Å²) >= 11 is 0. The largest absolute Gasteiger partial charge is 0.380 e. The molecule has 0 aliphatic heterocycles. The number of nitrogens with two attached hydrogens (primary N) is 1. The van der Waals surface area contributed by atoms with Crippen LogP contribution in [0.1, 0.15) is 32.6 Å². The highest BCUT2D eigenvalue weighted by molar-refractivity contribution is 4.79. The standard InChI is InChI=1S/C11H24N2O/c1-9(14-2)7-13-8-10-5-3-4-6-11(10)12/h9-11,13H,3-8,12H2,1-2H3. The number of methoxy groups -OCH3 is 1. The normalized spacial score (nSPS) is 30.2. The zero-order chi connectivity index (χ0) is 10.4. The van der Waals surface area contributed by atoms with Crippen molar-refractivity contribution in [2.75, 3.05) is 20.2 Å². The molecule has 0 aromatic rings. The Morgan fingerprint density at radius 3 is 2.79 bits per heavy atom. The van der Waals surface area contributed by atoms with Crippen molar-refractivity contribution in [2.45, 2.75) is 44.8 Å². The summed E-state index contributed by atoms with van der Waals surface area (Å²) < 4.78 is 5.17. The van der Waals surface area contributed by atoms with Gasteiger partial charge in [-0.05, 0) is 32.2 Å². The topological polar surface area (TPSA) is 47.3 Å². The van der Waals surface area contributed by atoms with Gasteiger partial charge in [0.25, 0.3) is 0 Å². The lowest BCUT2D eigenvalue weighted by molar-refractivity contribution is 0.115. The van der Waals surface area contributed by atoms with E-state index < -0.39 is 0 Å². The molecule has 3 atom stereocenters. The van der Waals surface area contributed by atoms with Gasteiger partial charge in [0, 0.05) is 19.7 Å². The number of hydrogen-bond acceptors (Lipinski definition) is 3. The molecule has 3 heteroatoms. The van der Waals surface area contributed by atoms with Gasteiger partial charge in [0.1, 0.15) is 0 Å². The first kappa shape index (κ1) is 12.0. The summed E-state index contributed by atoms with van der Waals surface area (Å²) in [6.45, 7) is 4.06. The predicted molar refractivity (Wildman–Crippen MR) is 59.3 cm³/mol. The fourth-order valence-corrected chi connectivity index (χ4v) is 2.05. The number of hydrogen-bond donors (Lipinski definition) is 2. The molecule has 1 aliphatic rings. The molecule has 0 radical (unpaired) electrons. The van der Waals surface area contributed by atoms with Gasteiger partial charge in [-0.2, -0.15) is 0 Å². The monoisotopic (exact) mass is 200 g/mol. The average molecular weight is 200 g/mol. The third-order valence-electron chi connectivity index (χ3n) is 3.21. The van der Waals surface area contributed by atoms with E-state index >= 15 is 0 Å². The quantitative estimate of drug-likeness (QED) is 0.699. The smallest absolute Gasteiger partial charge is 0.0667 e. The molecule has 84 valence electrons. The van der Waals surface area contributed by atoms with Gasteiger partial charge < -0.3 is 15.8 Å². The van der Waals surface area contributed by atoms with Crippen molar-refractivity contribution < 1.29 is 4.74 Å². The van der Waals surface area contributed by atoms with Gasteiger partial charge in [0.2, 0.25) is 0 Å². The lowest BCUT2D eigenvalue weighted by Crippen LogP contribution is -2.41. The minimum absolute atomic E-state index is 0.301. The molecule has 0 heterocycles. The molecule has 1 aliphatic carbocycles. The van der Waals surface area contributed by atoms with Gasteiger partial charge in [-0.15, -0.1) is 0 Å². The molecule has 1 saturated carbocycles. The SMILES string of the molecule is COC(C)CNCC1CCCCC1N. The molecule has 3 unspecified atom stereocenters. The molecule has 1 rings (SSSR count). The van der Waals surface area contributed by atoms with Crippen LogP contribution < -0.4 is 11.1 Å². The van der Waals surface area contributed by atoms with Crippen molar-refractivity contribution in [1.82, 2.24) is 5.32 Å². The van der Waals surface area contributed by atoms with E-state index in [9.17, 15) is 0 Å². The van der Waals surface area contributed by atoms with E-state index in [-0.39, 0.29) is 0 Å². The maximum absolute atomic E-state index is 6.06. The van der Waals surface area contributed by atoms with Crippen molar-refractivity contribution in [3.8, 4) is 0 Å². The Hall–Kier alpha value is -0.120. The molecule has 0 saturated heterocycles. The van der Waals surface area contributed by atoms with Crippen LogP contribution in [0.15, 0.2) is 0 Å². The Morgan fingerprint density at radius 1 is 1.43 bits per heavy atom. The summed E-state index contributed by atoms with van der Waals surface area (Å²) in [7, 11) is 1.75. The molecule has 0 aromatic heterocycles. The van der Waals surface area contributed by atoms with Crippen LogP contribution >= 0.6 is 0 Å². The van der Waals surface area contributed by atoms with Gasteiger partial charge in [-0.3, -0.25) is 0 Å². The van der Waals surface area contributed by atoms with Crippen molar-refractivity contribution in [3.05, 3.63) is 0 Å². The summed E-state index contributed by atoms with van der Waals surface area (Å²) in [5.41, 5.74) is 6.06. The second kappa shape index (κ2) is 6.38. The Labute approximate surface area is 87.4 Å². The van der Waals surface area contributed by atoms with Crippen LogP contribution in [0.2, 0.25) is 0 Å². The van der Waals surface area contributed by atoms with Gasteiger partial charge in [-0.25, -0.2) is 0 Å². The van der Waals surface area contributed by atoms with Crippen LogP contribution in [-0.2, 0) is 4.74 Å². The molecular formula is C11H24N2O. The highest BCUT2D eigenvalue weighted by Gasteiger charge is 2.21. The zero-order valence-electron chi connectivity index (χ0n) is 9.46. The molecule has 1 fully saturated rings. The minimum atomic E-state index is 0.301. The third-order valence-corrected chi connectivity index (χ3v) is 3.21. The fraction of sp³-hybridized carbons (Fsp3) is 1.00. The molecule has 0 amide bonds. The molecule has 0 spiro atoms. The van der Waals surface area contributed by atoms with Crippen LogP contribution in [0.3, 0.4) is 0 Å². The molecule has 14 heavy (non-hydrogen) atoms. The van der Waals surface area contributed by atoms with Gasteiger partial charge in [0.15, 0.2) is 0 Å². The van der Waals surface area contributed by atoms with E-state index in [0.29, 0.717) is 18.1 Å². The Kier molecular flexibility index (Phi) is 5.45. The summed E-state index contributed by atoms with van der Waals surface area (Å²) in [4.78, 5) is 0. The van der Waals surface area contributed by atoms with Crippen LogP contribution in [0.5, 0.6) is 0 Å². The van der Waals surface area contributed by atoms with E-state index in [2.05, 4.69) is 12.2 Å². The summed E-state index contributed by atoms with van der Waals surface area (Å²) in [5, 5.41) is 3.43. The Bertz CT molecular complexity index is 152. The van der Waals surface area contributed by atoms with E-state index in [1.807, 2.05) is 0 Å². The second-order valence-electron chi connectivity index (χ2n) is 4.41.